The van der Waals surface area contributed by atoms with Crippen molar-refractivity contribution in [2.75, 3.05) is 47.0 Å². The van der Waals surface area contributed by atoms with Gasteiger partial charge in [0.15, 0.2) is 0 Å². The summed E-state index contributed by atoms with van der Waals surface area (Å²) in [6, 6.07) is 15.6. The van der Waals surface area contributed by atoms with Crippen LogP contribution in [0.2, 0.25) is 10.0 Å². The maximum absolute atomic E-state index is 13.0. The fourth-order valence-electron chi connectivity index (χ4n) is 4.94. The lowest BCUT2D eigenvalue weighted by atomic mass is 9.97. The van der Waals surface area contributed by atoms with Crippen molar-refractivity contribution in [3.63, 3.8) is 0 Å². The van der Waals surface area contributed by atoms with Gasteiger partial charge in [0.2, 0.25) is 0 Å². The Morgan fingerprint density at radius 2 is 1.66 bits per heavy atom. The van der Waals surface area contributed by atoms with Crippen molar-refractivity contribution in [2.24, 2.45) is 0 Å². The van der Waals surface area contributed by atoms with Crippen molar-refractivity contribution in [3.8, 4) is 22.6 Å². The van der Waals surface area contributed by atoms with Gasteiger partial charge in [-0.3, -0.25) is 9.69 Å². The largest absolute Gasteiger partial charge is 0.496 e. The number of rotatable bonds is 11. The molecule has 3 aromatic carbocycles. The van der Waals surface area contributed by atoms with Crippen molar-refractivity contribution in [1.29, 1.82) is 0 Å². The molecule has 1 amide bonds. The van der Waals surface area contributed by atoms with Crippen LogP contribution in [0.4, 0.5) is 0 Å². The third-order valence-corrected chi connectivity index (χ3v) is 7.61. The van der Waals surface area contributed by atoms with Crippen LogP contribution in [0.5, 0.6) is 11.5 Å². The SMILES string of the molecule is CCOC(=O)[C@H](Cc1ccc(-c2c(OC)ccc(CN3CCNCC3)c2OC)cc1)NC(=O)c1c(Cl)cccc1Cl. The van der Waals surface area contributed by atoms with Crippen molar-refractivity contribution in [1.82, 2.24) is 15.5 Å². The van der Waals surface area contributed by atoms with E-state index in [-0.39, 0.29) is 28.6 Å². The predicted octanol–water partition coefficient (Wildman–Crippen LogP) is 4.99. The van der Waals surface area contributed by atoms with Crippen molar-refractivity contribution in [3.05, 3.63) is 81.3 Å². The second-order valence-electron chi connectivity index (χ2n) is 9.64. The van der Waals surface area contributed by atoms with Crippen LogP contribution in [0.3, 0.4) is 0 Å². The third kappa shape index (κ3) is 7.51. The quantitative estimate of drug-likeness (QED) is 0.300. The second-order valence-corrected chi connectivity index (χ2v) is 10.5. The summed E-state index contributed by atoms with van der Waals surface area (Å²) in [5.74, 6) is 0.374. The molecule has 1 atom stereocenters. The lowest BCUT2D eigenvalue weighted by Gasteiger charge is -2.28. The van der Waals surface area contributed by atoms with E-state index in [0.717, 1.165) is 60.7 Å². The van der Waals surface area contributed by atoms with Crippen molar-refractivity contribution < 1.29 is 23.8 Å². The van der Waals surface area contributed by atoms with Crippen LogP contribution in [0.15, 0.2) is 54.6 Å². The van der Waals surface area contributed by atoms with Gasteiger partial charge in [-0.1, -0.05) is 59.6 Å². The number of benzene rings is 3. The molecule has 4 rings (SSSR count). The molecule has 1 aliphatic heterocycles. The van der Waals surface area contributed by atoms with Gasteiger partial charge in [-0.2, -0.15) is 0 Å². The van der Waals surface area contributed by atoms with Gasteiger partial charge in [0.25, 0.3) is 5.91 Å². The van der Waals surface area contributed by atoms with Gasteiger partial charge in [0.05, 0.1) is 42.0 Å². The molecule has 0 spiro atoms. The Morgan fingerprint density at radius 3 is 2.27 bits per heavy atom. The van der Waals surface area contributed by atoms with Gasteiger partial charge >= 0.3 is 5.97 Å². The lowest BCUT2D eigenvalue weighted by molar-refractivity contribution is -0.145. The highest BCUT2D eigenvalue weighted by Gasteiger charge is 2.26. The first kappa shape index (κ1) is 30.7. The molecular formula is C31H35Cl2N3O5. The minimum Gasteiger partial charge on any atom is -0.496 e. The number of halogens is 2. The molecule has 1 saturated heterocycles. The summed E-state index contributed by atoms with van der Waals surface area (Å²) in [5, 5.41) is 6.53. The summed E-state index contributed by atoms with van der Waals surface area (Å²) in [4.78, 5) is 28.2. The molecule has 41 heavy (non-hydrogen) atoms. The monoisotopic (exact) mass is 599 g/mol. The summed E-state index contributed by atoms with van der Waals surface area (Å²) in [7, 11) is 3.31. The van der Waals surface area contributed by atoms with Gasteiger partial charge in [0, 0.05) is 44.7 Å². The van der Waals surface area contributed by atoms with Crippen LogP contribution < -0.4 is 20.1 Å². The highest BCUT2D eigenvalue weighted by atomic mass is 35.5. The topological polar surface area (TPSA) is 89.1 Å². The number of hydrogen-bond donors (Lipinski definition) is 2. The summed E-state index contributed by atoms with van der Waals surface area (Å²) in [6.45, 7) is 6.54. The molecule has 0 aromatic heterocycles. The molecule has 1 aliphatic rings. The first-order chi connectivity index (χ1) is 19.9. The number of ether oxygens (including phenoxy) is 3. The molecule has 3 aromatic rings. The number of carbonyl (C=O) groups excluding carboxylic acids is 2. The molecule has 1 heterocycles. The number of piperazine rings is 1. The number of nitrogens with zero attached hydrogens (tertiary/aromatic N) is 1. The average Bonchev–Trinajstić information content (AvgIpc) is 2.97. The Bertz CT molecular complexity index is 1340. The van der Waals surface area contributed by atoms with Crippen molar-refractivity contribution >= 4 is 35.1 Å². The second kappa shape index (κ2) is 14.5. The molecule has 0 radical (unpaired) electrons. The van der Waals surface area contributed by atoms with E-state index >= 15 is 0 Å². The molecule has 10 heteroatoms. The van der Waals surface area contributed by atoms with E-state index in [9.17, 15) is 9.59 Å². The number of amides is 1. The lowest BCUT2D eigenvalue weighted by Crippen LogP contribution is -2.43. The van der Waals surface area contributed by atoms with Crippen LogP contribution in [-0.4, -0.2) is 69.8 Å². The zero-order valence-corrected chi connectivity index (χ0v) is 25.0. The number of esters is 1. The van der Waals surface area contributed by atoms with Gasteiger partial charge in [0.1, 0.15) is 17.5 Å². The molecule has 0 saturated carbocycles. The first-order valence-electron chi connectivity index (χ1n) is 13.5. The smallest absolute Gasteiger partial charge is 0.328 e. The zero-order valence-electron chi connectivity index (χ0n) is 23.5. The van der Waals surface area contributed by atoms with E-state index in [2.05, 4.69) is 21.6 Å². The molecule has 0 aliphatic carbocycles. The van der Waals surface area contributed by atoms with Gasteiger partial charge in [-0.15, -0.1) is 0 Å². The van der Waals surface area contributed by atoms with Crippen molar-refractivity contribution in [2.45, 2.75) is 25.9 Å². The summed E-state index contributed by atoms with van der Waals surface area (Å²) in [5.41, 5.74) is 3.78. The van der Waals surface area contributed by atoms with Crippen LogP contribution >= 0.6 is 23.2 Å². The van der Waals surface area contributed by atoms with Crippen LogP contribution in [0.1, 0.15) is 28.4 Å². The molecule has 218 valence electrons. The molecule has 2 N–H and O–H groups in total. The summed E-state index contributed by atoms with van der Waals surface area (Å²) >= 11 is 12.4. The maximum atomic E-state index is 13.0. The highest BCUT2D eigenvalue weighted by molar-refractivity contribution is 6.39. The van der Waals surface area contributed by atoms with E-state index in [4.69, 9.17) is 37.4 Å². The molecule has 0 bridgehead atoms. The Balaban J connectivity index is 1.59. The fourth-order valence-corrected chi connectivity index (χ4v) is 5.51. The Morgan fingerprint density at radius 1 is 0.976 bits per heavy atom. The van der Waals surface area contributed by atoms with Gasteiger partial charge in [-0.05, 0) is 36.2 Å². The number of hydrogen-bond acceptors (Lipinski definition) is 7. The van der Waals surface area contributed by atoms with E-state index in [1.807, 2.05) is 30.3 Å². The molecule has 1 fully saturated rings. The van der Waals surface area contributed by atoms with E-state index in [1.54, 1.807) is 39.3 Å². The van der Waals surface area contributed by atoms with E-state index in [1.165, 1.54) is 0 Å². The fraction of sp³-hybridized carbons (Fsp3) is 0.355. The summed E-state index contributed by atoms with van der Waals surface area (Å²) in [6.07, 6.45) is 0.213. The number of carbonyl (C=O) groups is 2. The van der Waals surface area contributed by atoms with Crippen LogP contribution in [0, 0.1) is 0 Å². The minimum absolute atomic E-state index is 0.111. The normalized spacial score (nSPS) is 14.3. The standard InChI is InChI=1S/C31H35Cl2N3O5/c1-4-41-31(38)25(35-30(37)28-23(32)6-5-7-24(28)33)18-20-8-10-21(11-9-20)27-26(39-2)13-12-22(29(27)40-3)19-36-16-14-34-15-17-36/h5-13,25,34H,4,14-19H2,1-3H3,(H,35,37)/t25-/m0/s1. The Hall–Kier alpha value is -3.30. The average molecular weight is 601 g/mol. The zero-order chi connectivity index (χ0) is 29.4. The minimum atomic E-state index is -0.938. The number of nitrogens with one attached hydrogen (secondary N) is 2. The summed E-state index contributed by atoms with van der Waals surface area (Å²) < 4.78 is 16.9. The van der Waals surface area contributed by atoms with Gasteiger partial charge in [-0.25, -0.2) is 4.79 Å². The first-order valence-corrected chi connectivity index (χ1v) is 14.3. The van der Waals surface area contributed by atoms with Crippen LogP contribution in [-0.2, 0) is 22.5 Å². The molecule has 8 nitrogen and oxygen atoms in total. The van der Waals surface area contributed by atoms with Crippen LogP contribution in [0.25, 0.3) is 11.1 Å². The molecular weight excluding hydrogens is 565 g/mol. The van der Waals surface area contributed by atoms with E-state index in [0.29, 0.717) is 5.75 Å². The Kier molecular flexibility index (Phi) is 10.9. The van der Waals surface area contributed by atoms with E-state index < -0.39 is 17.9 Å². The van der Waals surface area contributed by atoms with Gasteiger partial charge < -0.3 is 24.8 Å². The molecule has 0 unspecified atom stereocenters. The predicted molar refractivity (Wildman–Crippen MR) is 161 cm³/mol. The highest BCUT2D eigenvalue weighted by Crippen LogP contribution is 2.41. The third-order valence-electron chi connectivity index (χ3n) is 6.98. The number of methoxy groups -OCH3 is 2. The maximum Gasteiger partial charge on any atom is 0.328 e. The Labute approximate surface area is 250 Å².